The fourth-order valence-corrected chi connectivity index (χ4v) is 1.60. The van der Waals surface area contributed by atoms with Crippen LogP contribution in [0, 0.1) is 5.92 Å². The van der Waals surface area contributed by atoms with E-state index in [0.29, 0.717) is 0 Å². The van der Waals surface area contributed by atoms with Gasteiger partial charge in [0.25, 0.3) is 0 Å². The third-order valence-corrected chi connectivity index (χ3v) is 2.82. The van der Waals surface area contributed by atoms with Crippen LogP contribution in [0.25, 0.3) is 0 Å². The van der Waals surface area contributed by atoms with Crippen molar-refractivity contribution < 1.29 is 9.53 Å². The highest BCUT2D eigenvalue weighted by atomic mass is 35.5. The molecule has 0 saturated carbocycles. The number of halogens is 1. The van der Waals surface area contributed by atoms with E-state index in [0.717, 1.165) is 19.3 Å². The first-order valence-corrected chi connectivity index (χ1v) is 5.77. The van der Waals surface area contributed by atoms with E-state index in [2.05, 4.69) is 11.7 Å². The minimum Gasteiger partial charge on any atom is -0.469 e. The Balaban J connectivity index is 3.55. The van der Waals surface area contributed by atoms with Gasteiger partial charge in [0, 0.05) is 5.38 Å². The lowest BCUT2D eigenvalue weighted by molar-refractivity contribution is -0.145. The SMILES string of the molecule is CCCCC(Cl)CCC(C)C(=O)OC. The van der Waals surface area contributed by atoms with Crippen molar-refractivity contribution in [2.45, 2.75) is 51.3 Å². The molecule has 0 aliphatic heterocycles. The van der Waals surface area contributed by atoms with Crippen molar-refractivity contribution in [1.29, 1.82) is 0 Å². The summed E-state index contributed by atoms with van der Waals surface area (Å²) in [6.07, 6.45) is 5.12. The molecule has 0 rings (SSSR count). The first kappa shape index (κ1) is 13.8. The molecular weight excluding hydrogens is 200 g/mol. The number of carbonyl (C=O) groups is 1. The van der Waals surface area contributed by atoms with Crippen LogP contribution in [0.1, 0.15) is 46.0 Å². The summed E-state index contributed by atoms with van der Waals surface area (Å²) in [5, 5.41) is 0.210. The van der Waals surface area contributed by atoms with Crippen molar-refractivity contribution in [2.75, 3.05) is 7.11 Å². The summed E-state index contributed by atoms with van der Waals surface area (Å²) in [7, 11) is 1.42. The fourth-order valence-electron chi connectivity index (χ4n) is 1.32. The minimum absolute atomic E-state index is 0.0251. The van der Waals surface area contributed by atoms with Crippen molar-refractivity contribution in [2.24, 2.45) is 5.92 Å². The smallest absolute Gasteiger partial charge is 0.308 e. The molecule has 2 unspecified atom stereocenters. The van der Waals surface area contributed by atoms with Crippen molar-refractivity contribution in [1.82, 2.24) is 0 Å². The molecule has 0 spiro atoms. The number of hydrogen-bond donors (Lipinski definition) is 0. The highest BCUT2D eigenvalue weighted by Gasteiger charge is 2.14. The van der Waals surface area contributed by atoms with E-state index in [1.54, 1.807) is 0 Å². The van der Waals surface area contributed by atoms with Gasteiger partial charge in [-0.3, -0.25) is 4.79 Å². The zero-order chi connectivity index (χ0) is 11.0. The Morgan fingerprint density at radius 1 is 1.36 bits per heavy atom. The molecule has 0 amide bonds. The first-order valence-electron chi connectivity index (χ1n) is 5.33. The Morgan fingerprint density at radius 2 is 2.00 bits per heavy atom. The summed E-state index contributed by atoms with van der Waals surface area (Å²) in [6, 6.07) is 0. The Bertz CT molecular complexity index is 159. The van der Waals surface area contributed by atoms with E-state index >= 15 is 0 Å². The average molecular weight is 221 g/mol. The number of rotatable bonds is 7. The van der Waals surface area contributed by atoms with Crippen LogP contribution in [0.4, 0.5) is 0 Å². The van der Waals surface area contributed by atoms with Crippen LogP contribution in [0.5, 0.6) is 0 Å². The normalized spacial score (nSPS) is 14.9. The first-order chi connectivity index (χ1) is 6.61. The van der Waals surface area contributed by atoms with Crippen LogP contribution < -0.4 is 0 Å². The lowest BCUT2D eigenvalue weighted by Crippen LogP contribution is -2.14. The molecule has 2 nitrogen and oxygen atoms in total. The summed E-state index contributed by atoms with van der Waals surface area (Å²) in [5.74, 6) is -0.160. The number of hydrogen-bond acceptors (Lipinski definition) is 2. The molecule has 14 heavy (non-hydrogen) atoms. The van der Waals surface area contributed by atoms with E-state index in [4.69, 9.17) is 11.6 Å². The van der Waals surface area contributed by atoms with Gasteiger partial charge in [-0.05, 0) is 19.3 Å². The van der Waals surface area contributed by atoms with Crippen molar-refractivity contribution in [3.8, 4) is 0 Å². The lowest BCUT2D eigenvalue weighted by atomic mass is 10.0. The fraction of sp³-hybridized carbons (Fsp3) is 0.909. The Labute approximate surface area is 92.0 Å². The summed E-state index contributed by atoms with van der Waals surface area (Å²) < 4.78 is 4.64. The molecule has 0 aromatic rings. The van der Waals surface area contributed by atoms with E-state index < -0.39 is 0 Å². The second kappa shape index (κ2) is 8.10. The highest BCUT2D eigenvalue weighted by Crippen LogP contribution is 2.17. The molecule has 0 saturated heterocycles. The Kier molecular flexibility index (Phi) is 7.96. The maximum Gasteiger partial charge on any atom is 0.308 e. The minimum atomic E-state index is -0.135. The quantitative estimate of drug-likeness (QED) is 0.486. The second-order valence-electron chi connectivity index (χ2n) is 3.74. The van der Waals surface area contributed by atoms with Gasteiger partial charge in [-0.25, -0.2) is 0 Å². The van der Waals surface area contributed by atoms with Gasteiger partial charge < -0.3 is 4.74 Å². The number of unbranched alkanes of at least 4 members (excludes halogenated alkanes) is 1. The molecule has 0 bridgehead atoms. The monoisotopic (exact) mass is 220 g/mol. The Morgan fingerprint density at radius 3 is 2.50 bits per heavy atom. The molecule has 0 N–H and O–H groups in total. The maximum absolute atomic E-state index is 11.1. The summed E-state index contributed by atoms with van der Waals surface area (Å²) >= 11 is 6.10. The van der Waals surface area contributed by atoms with Crippen LogP contribution in [0.2, 0.25) is 0 Å². The molecule has 0 radical (unpaired) electrons. The molecule has 0 heterocycles. The van der Waals surface area contributed by atoms with Crippen molar-refractivity contribution >= 4 is 17.6 Å². The number of ether oxygens (including phenoxy) is 1. The number of esters is 1. The van der Waals surface area contributed by atoms with Gasteiger partial charge >= 0.3 is 5.97 Å². The molecule has 0 fully saturated rings. The van der Waals surface area contributed by atoms with Gasteiger partial charge in [0.05, 0.1) is 13.0 Å². The van der Waals surface area contributed by atoms with Crippen LogP contribution >= 0.6 is 11.6 Å². The van der Waals surface area contributed by atoms with Gasteiger partial charge in [-0.15, -0.1) is 11.6 Å². The molecule has 0 aromatic carbocycles. The molecule has 2 atom stereocenters. The molecule has 0 aliphatic carbocycles. The van der Waals surface area contributed by atoms with Crippen LogP contribution in [0.3, 0.4) is 0 Å². The van der Waals surface area contributed by atoms with Crippen molar-refractivity contribution in [3.63, 3.8) is 0 Å². The van der Waals surface area contributed by atoms with E-state index in [9.17, 15) is 4.79 Å². The zero-order valence-electron chi connectivity index (χ0n) is 9.38. The standard InChI is InChI=1S/C11H21ClO2/c1-4-5-6-10(12)8-7-9(2)11(13)14-3/h9-10H,4-8H2,1-3H3. The van der Waals surface area contributed by atoms with Crippen LogP contribution in [-0.4, -0.2) is 18.5 Å². The van der Waals surface area contributed by atoms with E-state index in [1.807, 2.05) is 6.92 Å². The molecule has 0 aromatic heterocycles. The van der Waals surface area contributed by atoms with Crippen molar-refractivity contribution in [3.05, 3.63) is 0 Å². The highest BCUT2D eigenvalue weighted by molar-refractivity contribution is 6.20. The zero-order valence-corrected chi connectivity index (χ0v) is 10.1. The number of carbonyl (C=O) groups excluding carboxylic acids is 1. The lowest BCUT2D eigenvalue weighted by Gasteiger charge is -2.12. The van der Waals surface area contributed by atoms with Crippen LogP contribution in [-0.2, 0) is 9.53 Å². The summed E-state index contributed by atoms with van der Waals surface area (Å²) in [6.45, 7) is 4.04. The largest absolute Gasteiger partial charge is 0.469 e. The summed E-state index contributed by atoms with van der Waals surface area (Å²) in [4.78, 5) is 11.1. The molecule has 0 aliphatic rings. The van der Waals surface area contributed by atoms with Gasteiger partial charge in [0.1, 0.15) is 0 Å². The molecule has 3 heteroatoms. The predicted octanol–water partition coefficient (Wildman–Crippen LogP) is 3.37. The topological polar surface area (TPSA) is 26.3 Å². The average Bonchev–Trinajstić information content (AvgIpc) is 2.21. The van der Waals surface area contributed by atoms with Gasteiger partial charge in [-0.1, -0.05) is 26.7 Å². The number of alkyl halides is 1. The van der Waals surface area contributed by atoms with Gasteiger partial charge in [-0.2, -0.15) is 0 Å². The molecule has 84 valence electrons. The number of methoxy groups -OCH3 is 1. The van der Waals surface area contributed by atoms with E-state index in [-0.39, 0.29) is 17.3 Å². The third kappa shape index (κ3) is 6.25. The van der Waals surface area contributed by atoms with Gasteiger partial charge in [0.15, 0.2) is 0 Å². The van der Waals surface area contributed by atoms with E-state index in [1.165, 1.54) is 20.0 Å². The van der Waals surface area contributed by atoms with Crippen LogP contribution in [0.15, 0.2) is 0 Å². The second-order valence-corrected chi connectivity index (χ2v) is 4.36. The summed E-state index contributed by atoms with van der Waals surface area (Å²) in [5.41, 5.74) is 0. The Hall–Kier alpha value is -0.240. The maximum atomic E-state index is 11.1. The third-order valence-electron chi connectivity index (χ3n) is 2.39. The van der Waals surface area contributed by atoms with Gasteiger partial charge in [0.2, 0.25) is 0 Å². The molecular formula is C11H21ClO2. The predicted molar refractivity (Wildman–Crippen MR) is 59.6 cm³/mol.